The summed E-state index contributed by atoms with van der Waals surface area (Å²) in [6.45, 7) is 4.19. The van der Waals surface area contributed by atoms with Crippen molar-refractivity contribution in [2.45, 2.75) is 26.3 Å². The number of methoxy groups -OCH3 is 1. The lowest BCUT2D eigenvalue weighted by atomic mass is 10.0. The molecule has 160 valence electrons. The van der Waals surface area contributed by atoms with Crippen LogP contribution in [0.25, 0.3) is 11.0 Å². The SMILES string of the molecule is CCn1c(N)c(C(=O)NC)c(=O)c2ccc(C#CC(C)c3ccc(OC)c(O)c3)nc21. The number of nitrogens with two attached hydrogens (primary N) is 1. The Hall–Kier alpha value is -3.99. The second-order valence-electron chi connectivity index (χ2n) is 6.90. The lowest BCUT2D eigenvalue weighted by Gasteiger charge is -2.14. The molecule has 0 aliphatic heterocycles. The van der Waals surface area contributed by atoms with Crippen LogP contribution in [-0.2, 0) is 6.54 Å². The predicted octanol–water partition coefficient (Wildman–Crippen LogP) is 2.23. The standard InChI is InChI=1S/C23H24N4O4/c1-5-27-21(24)19(23(30)25-3)20(29)16-10-9-15(26-22(16)27)8-6-13(2)14-7-11-18(31-4)17(28)12-14/h7,9-13,28H,5,24H2,1-4H3,(H,25,30). The first-order valence-electron chi connectivity index (χ1n) is 9.75. The van der Waals surface area contributed by atoms with Crippen LogP contribution >= 0.6 is 0 Å². The molecule has 8 heteroatoms. The minimum Gasteiger partial charge on any atom is -0.504 e. The molecule has 31 heavy (non-hydrogen) atoms. The molecule has 1 amide bonds. The van der Waals surface area contributed by atoms with Crippen molar-refractivity contribution in [1.82, 2.24) is 14.9 Å². The minimum atomic E-state index is -0.535. The van der Waals surface area contributed by atoms with Crippen molar-refractivity contribution in [2.75, 3.05) is 19.9 Å². The molecule has 0 aliphatic carbocycles. The first kappa shape index (κ1) is 21.7. The van der Waals surface area contributed by atoms with E-state index in [9.17, 15) is 14.7 Å². The van der Waals surface area contributed by atoms with Crippen molar-refractivity contribution >= 4 is 22.8 Å². The van der Waals surface area contributed by atoms with Crippen LogP contribution < -0.4 is 21.2 Å². The Bertz CT molecular complexity index is 1280. The summed E-state index contributed by atoms with van der Waals surface area (Å²) in [5.74, 6) is 5.91. The Kier molecular flexibility index (Phi) is 6.16. The average molecular weight is 420 g/mol. The second kappa shape index (κ2) is 8.79. The molecule has 1 aromatic carbocycles. The maximum atomic E-state index is 12.8. The summed E-state index contributed by atoms with van der Waals surface area (Å²) in [5.41, 5.74) is 7.22. The zero-order chi connectivity index (χ0) is 22.7. The van der Waals surface area contributed by atoms with E-state index >= 15 is 0 Å². The largest absolute Gasteiger partial charge is 0.504 e. The minimum absolute atomic E-state index is 0.0480. The summed E-state index contributed by atoms with van der Waals surface area (Å²) >= 11 is 0. The molecule has 0 radical (unpaired) electrons. The van der Waals surface area contributed by atoms with Gasteiger partial charge in [0.25, 0.3) is 5.91 Å². The zero-order valence-corrected chi connectivity index (χ0v) is 17.8. The number of carbonyl (C=O) groups is 1. The zero-order valence-electron chi connectivity index (χ0n) is 17.8. The fourth-order valence-corrected chi connectivity index (χ4v) is 3.31. The van der Waals surface area contributed by atoms with Gasteiger partial charge < -0.3 is 25.5 Å². The number of pyridine rings is 2. The van der Waals surface area contributed by atoms with Crippen molar-refractivity contribution < 1.29 is 14.6 Å². The Morgan fingerprint density at radius 2 is 2.10 bits per heavy atom. The summed E-state index contributed by atoms with van der Waals surface area (Å²) in [6.07, 6.45) is 0. The number of hydrogen-bond donors (Lipinski definition) is 3. The lowest BCUT2D eigenvalue weighted by Crippen LogP contribution is -2.30. The van der Waals surface area contributed by atoms with Crippen LogP contribution in [0.15, 0.2) is 35.1 Å². The van der Waals surface area contributed by atoms with Crippen molar-refractivity contribution in [3.8, 4) is 23.3 Å². The number of rotatable bonds is 4. The Morgan fingerprint density at radius 1 is 1.35 bits per heavy atom. The van der Waals surface area contributed by atoms with Gasteiger partial charge in [0.1, 0.15) is 22.7 Å². The summed E-state index contributed by atoms with van der Waals surface area (Å²) < 4.78 is 6.68. The number of aromatic nitrogens is 2. The van der Waals surface area contributed by atoms with Crippen molar-refractivity contribution in [3.05, 3.63) is 57.4 Å². The molecular formula is C23H24N4O4. The highest BCUT2D eigenvalue weighted by Gasteiger charge is 2.20. The molecule has 0 fully saturated rings. The van der Waals surface area contributed by atoms with Gasteiger partial charge in [0.05, 0.1) is 12.5 Å². The van der Waals surface area contributed by atoms with Gasteiger partial charge in [0, 0.05) is 19.5 Å². The first-order valence-corrected chi connectivity index (χ1v) is 9.75. The number of hydrogen-bond acceptors (Lipinski definition) is 6. The molecule has 0 bridgehead atoms. The van der Waals surface area contributed by atoms with Crippen LogP contribution in [0.5, 0.6) is 11.5 Å². The van der Waals surface area contributed by atoms with E-state index in [1.165, 1.54) is 14.2 Å². The highest BCUT2D eigenvalue weighted by molar-refractivity contribution is 6.01. The molecular weight excluding hydrogens is 396 g/mol. The summed E-state index contributed by atoms with van der Waals surface area (Å²) in [4.78, 5) is 29.5. The molecule has 0 saturated carbocycles. The van der Waals surface area contributed by atoms with Crippen LogP contribution in [0, 0.1) is 11.8 Å². The number of aryl methyl sites for hydroxylation is 1. The quantitative estimate of drug-likeness (QED) is 0.557. The number of carbonyl (C=O) groups excluding carboxylic acids is 1. The molecule has 0 aliphatic rings. The number of amides is 1. The number of phenolic OH excluding ortho intramolecular Hbond substituents is 1. The molecule has 0 spiro atoms. The van der Waals surface area contributed by atoms with Gasteiger partial charge in [-0.05, 0) is 49.6 Å². The summed E-state index contributed by atoms with van der Waals surface area (Å²) in [5, 5.41) is 12.7. The number of ether oxygens (including phenoxy) is 1. The third-order valence-electron chi connectivity index (χ3n) is 5.04. The van der Waals surface area contributed by atoms with Crippen LogP contribution in [0.1, 0.15) is 41.4 Å². The number of benzene rings is 1. The Morgan fingerprint density at radius 3 is 2.71 bits per heavy atom. The van der Waals surface area contributed by atoms with E-state index in [4.69, 9.17) is 10.5 Å². The highest BCUT2D eigenvalue weighted by atomic mass is 16.5. The number of nitrogens with one attached hydrogen (secondary N) is 1. The topological polar surface area (TPSA) is 119 Å². The van der Waals surface area contributed by atoms with Crippen LogP contribution in [-0.4, -0.2) is 34.7 Å². The predicted molar refractivity (Wildman–Crippen MR) is 119 cm³/mol. The van der Waals surface area contributed by atoms with E-state index in [0.29, 0.717) is 29.0 Å². The Balaban J connectivity index is 2.05. The second-order valence-corrected chi connectivity index (χ2v) is 6.90. The van der Waals surface area contributed by atoms with E-state index in [0.717, 1.165) is 5.56 Å². The van der Waals surface area contributed by atoms with Gasteiger partial charge in [-0.15, -0.1) is 0 Å². The van der Waals surface area contributed by atoms with Crippen LogP contribution in [0.3, 0.4) is 0 Å². The molecule has 8 nitrogen and oxygen atoms in total. The smallest absolute Gasteiger partial charge is 0.258 e. The maximum absolute atomic E-state index is 12.8. The number of aromatic hydroxyl groups is 1. The lowest BCUT2D eigenvalue weighted by molar-refractivity contribution is 0.0962. The monoisotopic (exact) mass is 420 g/mol. The maximum Gasteiger partial charge on any atom is 0.258 e. The molecule has 3 rings (SSSR count). The summed E-state index contributed by atoms with van der Waals surface area (Å²) in [6, 6.07) is 8.38. The fourth-order valence-electron chi connectivity index (χ4n) is 3.31. The van der Waals surface area contributed by atoms with Crippen LogP contribution in [0.4, 0.5) is 5.82 Å². The third kappa shape index (κ3) is 4.03. The molecule has 2 heterocycles. The highest BCUT2D eigenvalue weighted by Crippen LogP contribution is 2.29. The van der Waals surface area contributed by atoms with Gasteiger partial charge in [0.15, 0.2) is 11.5 Å². The van der Waals surface area contributed by atoms with Gasteiger partial charge in [-0.25, -0.2) is 4.98 Å². The van der Waals surface area contributed by atoms with Crippen LogP contribution in [0.2, 0.25) is 0 Å². The van der Waals surface area contributed by atoms with E-state index in [-0.39, 0.29) is 23.0 Å². The molecule has 1 unspecified atom stereocenters. The fraction of sp³-hybridized carbons (Fsp3) is 0.261. The van der Waals surface area contributed by atoms with E-state index in [1.54, 1.807) is 28.8 Å². The van der Waals surface area contributed by atoms with E-state index in [2.05, 4.69) is 22.1 Å². The first-order chi connectivity index (χ1) is 14.8. The number of phenols is 1. The third-order valence-corrected chi connectivity index (χ3v) is 5.04. The summed E-state index contributed by atoms with van der Waals surface area (Å²) in [7, 11) is 2.94. The van der Waals surface area contributed by atoms with Crippen molar-refractivity contribution in [1.29, 1.82) is 0 Å². The Labute approximate surface area is 179 Å². The average Bonchev–Trinajstić information content (AvgIpc) is 2.77. The molecule has 1 atom stereocenters. The van der Waals surface area contributed by atoms with Gasteiger partial charge in [0.2, 0.25) is 5.43 Å². The molecule has 3 aromatic rings. The van der Waals surface area contributed by atoms with E-state index < -0.39 is 11.3 Å². The van der Waals surface area contributed by atoms with Gasteiger partial charge in [-0.3, -0.25) is 9.59 Å². The molecule has 0 saturated heterocycles. The van der Waals surface area contributed by atoms with Gasteiger partial charge >= 0.3 is 0 Å². The van der Waals surface area contributed by atoms with Gasteiger partial charge in [-0.2, -0.15) is 0 Å². The number of fused-ring (bicyclic) bond motifs is 1. The molecule has 4 N–H and O–H groups in total. The normalized spacial score (nSPS) is 11.5. The number of nitrogen functional groups attached to an aromatic ring is 1. The van der Waals surface area contributed by atoms with Crippen molar-refractivity contribution in [2.24, 2.45) is 0 Å². The van der Waals surface area contributed by atoms with E-state index in [1.807, 2.05) is 19.9 Å². The van der Waals surface area contributed by atoms with Gasteiger partial charge in [-0.1, -0.05) is 12.0 Å². The van der Waals surface area contributed by atoms with Crippen molar-refractivity contribution in [3.63, 3.8) is 0 Å². The number of anilines is 1. The molecule has 2 aromatic heterocycles. The number of nitrogens with zero attached hydrogens (tertiary/aromatic N) is 2.